The van der Waals surface area contributed by atoms with Crippen LogP contribution in [0.4, 0.5) is 13.2 Å². The molecule has 2 aromatic carbocycles. The molecule has 0 unspecified atom stereocenters. The van der Waals surface area contributed by atoms with Gasteiger partial charge in [0.2, 0.25) is 10.0 Å². The normalized spacial score (nSPS) is 17.5. The average molecular weight is 654 g/mol. The standard InChI is InChI=1S/C27H33N5O5S.C2HF3O2/c1-18-6-9-22(10-7-18)38(35,36)30-24(27(33)34)15-21-17-32(31-29-21)25-12-13-37-26-14-19(8-11-23(25)26)16-28-20-4-2-3-5-20;3-2(4,5)1(6)7/h6-11,14,17,20,24-25,28,30H,2-5,12-13,15-16H2,1H3,(H,33,34);(H,6,7)/t24-,25-;/m1./s1. The zero-order chi connectivity index (χ0) is 32.8. The van der Waals surface area contributed by atoms with Crippen LogP contribution in [0.2, 0.25) is 0 Å². The number of halogens is 3. The molecule has 244 valence electrons. The van der Waals surface area contributed by atoms with Crippen LogP contribution in [0.25, 0.3) is 0 Å². The van der Waals surface area contributed by atoms with E-state index in [1.165, 1.54) is 43.4 Å². The summed E-state index contributed by atoms with van der Waals surface area (Å²) in [5.41, 5.74) is 3.45. The van der Waals surface area contributed by atoms with Crippen LogP contribution in [0.1, 0.15) is 60.5 Å². The number of carboxylic acid groups (broad SMARTS) is 2. The number of sulfonamides is 1. The largest absolute Gasteiger partial charge is 0.493 e. The third-order valence-electron chi connectivity index (χ3n) is 7.50. The molecule has 0 radical (unpaired) electrons. The van der Waals surface area contributed by atoms with Crippen molar-refractivity contribution in [3.05, 3.63) is 71.0 Å². The second-order valence-corrected chi connectivity index (χ2v) is 12.6. The second-order valence-electron chi connectivity index (χ2n) is 10.9. The molecular weight excluding hydrogens is 619 g/mol. The van der Waals surface area contributed by atoms with Gasteiger partial charge in [-0.25, -0.2) is 17.9 Å². The van der Waals surface area contributed by atoms with Gasteiger partial charge in [-0.3, -0.25) is 4.79 Å². The van der Waals surface area contributed by atoms with E-state index in [0.717, 1.165) is 23.4 Å². The Bertz CT molecular complexity index is 1590. The SMILES string of the molecule is Cc1ccc(S(=O)(=O)N[C@H](Cc2cn([C@@H]3CCOc4cc(CNC5CCCC5)ccc43)nn2)C(=O)O)cc1.O=C(O)C(F)(F)F. The molecule has 0 saturated heterocycles. The van der Waals surface area contributed by atoms with Crippen molar-refractivity contribution in [1.29, 1.82) is 0 Å². The first-order valence-electron chi connectivity index (χ1n) is 14.2. The Balaban J connectivity index is 0.000000591. The van der Waals surface area contributed by atoms with E-state index in [1.807, 2.05) is 6.92 Å². The highest BCUT2D eigenvalue weighted by Gasteiger charge is 2.38. The summed E-state index contributed by atoms with van der Waals surface area (Å²) in [6, 6.07) is 11.5. The van der Waals surface area contributed by atoms with Gasteiger partial charge < -0.3 is 20.3 Å². The van der Waals surface area contributed by atoms with Crippen LogP contribution in [-0.2, 0) is 32.6 Å². The average Bonchev–Trinajstić information content (AvgIpc) is 3.68. The predicted molar refractivity (Wildman–Crippen MR) is 154 cm³/mol. The Hall–Kier alpha value is -4.02. The molecule has 0 bridgehead atoms. The lowest BCUT2D eigenvalue weighted by molar-refractivity contribution is -0.192. The number of aliphatic carboxylic acids is 2. The van der Waals surface area contributed by atoms with Gasteiger partial charge in [0.15, 0.2) is 0 Å². The van der Waals surface area contributed by atoms with Gasteiger partial charge in [0.1, 0.15) is 11.8 Å². The van der Waals surface area contributed by atoms with Gasteiger partial charge in [-0.1, -0.05) is 47.9 Å². The van der Waals surface area contributed by atoms with Crippen molar-refractivity contribution in [2.24, 2.45) is 0 Å². The van der Waals surface area contributed by atoms with Crippen LogP contribution in [0.15, 0.2) is 53.6 Å². The summed E-state index contributed by atoms with van der Waals surface area (Å²) in [6.07, 6.45) is 2.20. The number of rotatable bonds is 10. The molecular formula is C29H34F3N5O7S. The van der Waals surface area contributed by atoms with Crippen molar-refractivity contribution in [2.75, 3.05) is 6.61 Å². The lowest BCUT2D eigenvalue weighted by Gasteiger charge is -2.26. The molecule has 1 aliphatic carbocycles. The summed E-state index contributed by atoms with van der Waals surface area (Å²) in [5, 5.41) is 28.9. The third kappa shape index (κ3) is 9.25. The van der Waals surface area contributed by atoms with Crippen LogP contribution < -0.4 is 14.8 Å². The van der Waals surface area contributed by atoms with E-state index in [0.29, 0.717) is 24.8 Å². The van der Waals surface area contributed by atoms with Crippen molar-refractivity contribution in [2.45, 2.75) is 81.2 Å². The zero-order valence-electron chi connectivity index (χ0n) is 24.3. The number of benzene rings is 2. The van der Waals surface area contributed by atoms with E-state index in [2.05, 4.69) is 38.6 Å². The minimum atomic E-state index is -5.08. The van der Waals surface area contributed by atoms with Crippen LogP contribution in [0.3, 0.4) is 0 Å². The smallest absolute Gasteiger partial charge is 0.490 e. The number of carbonyl (C=O) groups is 2. The van der Waals surface area contributed by atoms with Crippen LogP contribution >= 0.6 is 0 Å². The summed E-state index contributed by atoms with van der Waals surface area (Å²) >= 11 is 0. The molecule has 1 aliphatic heterocycles. The topological polar surface area (TPSA) is 173 Å². The number of nitrogens with zero attached hydrogens (tertiary/aromatic N) is 3. The molecule has 45 heavy (non-hydrogen) atoms. The molecule has 1 aromatic heterocycles. The molecule has 5 rings (SSSR count). The van der Waals surface area contributed by atoms with Crippen molar-refractivity contribution in [3.8, 4) is 5.75 Å². The van der Waals surface area contributed by atoms with Crippen LogP contribution in [-0.4, -0.2) is 70.4 Å². The summed E-state index contributed by atoms with van der Waals surface area (Å²) in [4.78, 5) is 20.8. The summed E-state index contributed by atoms with van der Waals surface area (Å²) in [5.74, 6) is -3.23. The minimum absolute atomic E-state index is 0.00892. The number of hydrogen-bond donors (Lipinski definition) is 4. The zero-order valence-corrected chi connectivity index (χ0v) is 25.1. The summed E-state index contributed by atoms with van der Waals surface area (Å²) in [7, 11) is -4.02. The Kier molecular flexibility index (Phi) is 10.8. The fourth-order valence-electron chi connectivity index (χ4n) is 5.11. The maximum atomic E-state index is 12.8. The van der Waals surface area contributed by atoms with Gasteiger partial charge in [-0.15, -0.1) is 5.10 Å². The Labute approximate surface area is 257 Å². The molecule has 1 fully saturated rings. The van der Waals surface area contributed by atoms with E-state index < -0.39 is 34.2 Å². The van der Waals surface area contributed by atoms with Gasteiger partial charge in [0, 0.05) is 37.2 Å². The van der Waals surface area contributed by atoms with Crippen molar-refractivity contribution in [1.82, 2.24) is 25.0 Å². The van der Waals surface area contributed by atoms with E-state index in [-0.39, 0.29) is 17.4 Å². The molecule has 2 atom stereocenters. The number of nitrogens with one attached hydrogen (secondary N) is 2. The van der Waals surface area contributed by atoms with Crippen molar-refractivity contribution >= 4 is 22.0 Å². The highest BCUT2D eigenvalue weighted by Crippen LogP contribution is 2.35. The molecule has 12 nitrogen and oxygen atoms in total. The van der Waals surface area contributed by atoms with Crippen LogP contribution in [0.5, 0.6) is 5.75 Å². The lowest BCUT2D eigenvalue weighted by atomic mass is 9.98. The number of aromatic nitrogens is 3. The summed E-state index contributed by atoms with van der Waals surface area (Å²) in [6.45, 7) is 3.17. The van der Waals surface area contributed by atoms with Crippen molar-refractivity contribution < 1.29 is 46.1 Å². The third-order valence-corrected chi connectivity index (χ3v) is 8.98. The molecule has 1 saturated carbocycles. The first-order chi connectivity index (χ1) is 21.2. The van der Waals surface area contributed by atoms with Crippen molar-refractivity contribution in [3.63, 3.8) is 0 Å². The number of hydrogen-bond acceptors (Lipinski definition) is 8. The lowest BCUT2D eigenvalue weighted by Crippen LogP contribution is -2.42. The monoisotopic (exact) mass is 653 g/mol. The number of alkyl halides is 3. The maximum absolute atomic E-state index is 12.8. The molecule has 2 aliphatic rings. The molecule has 0 spiro atoms. The Morgan fingerprint density at radius 1 is 1.09 bits per heavy atom. The fraction of sp³-hybridized carbons (Fsp3) is 0.448. The van der Waals surface area contributed by atoms with E-state index in [4.69, 9.17) is 14.6 Å². The second kappa shape index (κ2) is 14.4. The molecule has 4 N–H and O–H groups in total. The molecule has 16 heteroatoms. The molecule has 2 heterocycles. The number of aryl methyl sites for hydroxylation is 1. The van der Waals surface area contributed by atoms with Gasteiger partial charge in [0.05, 0.1) is 23.2 Å². The molecule has 0 amide bonds. The predicted octanol–water partition coefficient (Wildman–Crippen LogP) is 3.60. The van der Waals surface area contributed by atoms with E-state index in [1.54, 1.807) is 23.0 Å². The fourth-order valence-corrected chi connectivity index (χ4v) is 6.30. The minimum Gasteiger partial charge on any atom is -0.493 e. The van der Waals surface area contributed by atoms with Gasteiger partial charge in [0.25, 0.3) is 0 Å². The highest BCUT2D eigenvalue weighted by molar-refractivity contribution is 7.89. The van der Waals surface area contributed by atoms with Crippen LogP contribution in [0, 0.1) is 6.92 Å². The first-order valence-corrected chi connectivity index (χ1v) is 15.7. The van der Waals surface area contributed by atoms with E-state index in [9.17, 15) is 31.5 Å². The number of ether oxygens (including phenoxy) is 1. The van der Waals surface area contributed by atoms with Gasteiger partial charge in [-0.2, -0.15) is 17.9 Å². The summed E-state index contributed by atoms with van der Waals surface area (Å²) < 4.78 is 67.2. The first kappa shape index (κ1) is 33.9. The molecule has 3 aromatic rings. The van der Waals surface area contributed by atoms with E-state index >= 15 is 0 Å². The van der Waals surface area contributed by atoms with Gasteiger partial charge >= 0.3 is 18.1 Å². The number of fused-ring (bicyclic) bond motifs is 1. The quantitative estimate of drug-likeness (QED) is 0.253. The maximum Gasteiger partial charge on any atom is 0.490 e. The Morgan fingerprint density at radius 2 is 1.76 bits per heavy atom. The highest BCUT2D eigenvalue weighted by atomic mass is 32.2. The van der Waals surface area contributed by atoms with Gasteiger partial charge in [-0.05, 0) is 43.5 Å². The number of carboxylic acids is 2. The Morgan fingerprint density at radius 3 is 2.38 bits per heavy atom.